The van der Waals surface area contributed by atoms with Crippen LogP contribution in [0.4, 0.5) is 5.13 Å². The van der Waals surface area contributed by atoms with Gasteiger partial charge in [-0.15, -0.1) is 21.5 Å². The Kier molecular flexibility index (Phi) is 6.34. The summed E-state index contributed by atoms with van der Waals surface area (Å²) in [5.41, 5.74) is 0. The van der Waals surface area contributed by atoms with Crippen LogP contribution in [0.2, 0.25) is 0 Å². The van der Waals surface area contributed by atoms with Crippen LogP contribution in [0.3, 0.4) is 0 Å². The van der Waals surface area contributed by atoms with Crippen molar-refractivity contribution < 1.29 is 9.59 Å². The zero-order valence-electron chi connectivity index (χ0n) is 12.2. The summed E-state index contributed by atoms with van der Waals surface area (Å²) in [5.74, 6) is 0.315. The molecule has 9 heteroatoms. The number of carbonyl (C=O) groups excluding carboxylic acids is 2. The fourth-order valence-corrected chi connectivity index (χ4v) is 4.20. The molecule has 0 bridgehead atoms. The number of thiophene rings is 1. The minimum absolute atomic E-state index is 0.0595. The Balaban J connectivity index is 1.85. The van der Waals surface area contributed by atoms with Crippen LogP contribution in [-0.2, 0) is 11.3 Å². The second kappa shape index (κ2) is 8.25. The number of nitrogens with one attached hydrogen (secondary N) is 2. The van der Waals surface area contributed by atoms with E-state index in [0.717, 1.165) is 20.9 Å². The Labute approximate surface area is 140 Å². The van der Waals surface area contributed by atoms with Gasteiger partial charge >= 0.3 is 0 Å². The highest BCUT2D eigenvalue weighted by atomic mass is 32.2. The fourth-order valence-electron chi connectivity index (χ4n) is 1.52. The van der Waals surface area contributed by atoms with Crippen LogP contribution in [0.15, 0.2) is 16.5 Å². The van der Waals surface area contributed by atoms with Crippen molar-refractivity contribution in [3.8, 4) is 0 Å². The molecule has 0 radical (unpaired) electrons. The van der Waals surface area contributed by atoms with Crippen molar-refractivity contribution in [3.05, 3.63) is 21.9 Å². The largest absolute Gasteiger partial charge is 0.360 e. The molecule has 2 N–H and O–H groups in total. The summed E-state index contributed by atoms with van der Waals surface area (Å²) in [6.45, 7) is 4.72. The zero-order valence-corrected chi connectivity index (χ0v) is 14.7. The highest BCUT2D eigenvalue weighted by Gasteiger charge is 2.12. The SMILES string of the molecule is CCNc1nnc(SCC(=O)c2ccc(CNC(C)=O)s2)s1. The number of rotatable bonds is 8. The molecular weight excluding hydrogens is 340 g/mol. The van der Waals surface area contributed by atoms with Gasteiger partial charge in [-0.3, -0.25) is 9.59 Å². The van der Waals surface area contributed by atoms with Gasteiger partial charge in [0.1, 0.15) is 0 Å². The van der Waals surface area contributed by atoms with E-state index in [2.05, 4.69) is 20.8 Å². The molecule has 22 heavy (non-hydrogen) atoms. The first-order chi connectivity index (χ1) is 10.6. The molecule has 0 aromatic carbocycles. The molecule has 0 aliphatic heterocycles. The molecule has 1 amide bonds. The predicted octanol–water partition coefficient (Wildman–Crippen LogP) is 2.64. The molecule has 0 fully saturated rings. The fraction of sp³-hybridized carbons (Fsp3) is 0.385. The molecule has 2 aromatic heterocycles. The molecular formula is C13H16N4O2S3. The van der Waals surface area contributed by atoms with Crippen molar-refractivity contribution in [1.29, 1.82) is 0 Å². The summed E-state index contributed by atoms with van der Waals surface area (Å²) in [6, 6.07) is 3.67. The Morgan fingerprint density at radius 2 is 2.09 bits per heavy atom. The summed E-state index contributed by atoms with van der Waals surface area (Å²) in [5, 5.41) is 14.6. The lowest BCUT2D eigenvalue weighted by Crippen LogP contribution is -2.18. The zero-order chi connectivity index (χ0) is 15.9. The van der Waals surface area contributed by atoms with Crippen LogP contribution in [0.25, 0.3) is 0 Å². The first-order valence-corrected chi connectivity index (χ1v) is 9.27. The first-order valence-electron chi connectivity index (χ1n) is 6.65. The van der Waals surface area contributed by atoms with Gasteiger partial charge in [0.05, 0.1) is 17.2 Å². The van der Waals surface area contributed by atoms with Crippen molar-refractivity contribution in [2.75, 3.05) is 17.6 Å². The van der Waals surface area contributed by atoms with E-state index >= 15 is 0 Å². The number of nitrogens with zero attached hydrogens (tertiary/aromatic N) is 2. The van der Waals surface area contributed by atoms with Gasteiger partial charge in [0.15, 0.2) is 10.1 Å². The second-order valence-corrected chi connectivity index (χ2v) is 7.66. The molecule has 0 atom stereocenters. The van der Waals surface area contributed by atoms with E-state index in [1.807, 2.05) is 13.0 Å². The Bertz CT molecular complexity index is 653. The summed E-state index contributed by atoms with van der Waals surface area (Å²) in [7, 11) is 0. The average molecular weight is 356 g/mol. The standard InChI is InChI=1S/C13H16N4O2S3/c1-3-14-12-16-17-13(22-12)20-7-10(19)11-5-4-9(21-11)6-15-8(2)18/h4-5H,3,6-7H2,1-2H3,(H,14,16)(H,15,18). The Hall–Kier alpha value is -1.45. The lowest BCUT2D eigenvalue weighted by molar-refractivity contribution is -0.119. The smallest absolute Gasteiger partial charge is 0.217 e. The maximum Gasteiger partial charge on any atom is 0.217 e. The van der Waals surface area contributed by atoms with Gasteiger partial charge in [0.25, 0.3) is 0 Å². The number of Topliss-reactive ketones (excluding diaryl/α,β-unsaturated/α-hetero) is 1. The molecule has 0 saturated heterocycles. The van der Waals surface area contributed by atoms with Crippen molar-refractivity contribution in [3.63, 3.8) is 0 Å². The predicted molar refractivity (Wildman–Crippen MR) is 91.0 cm³/mol. The normalized spacial score (nSPS) is 10.5. The third kappa shape index (κ3) is 5.08. The van der Waals surface area contributed by atoms with Crippen LogP contribution in [-0.4, -0.2) is 34.2 Å². The van der Waals surface area contributed by atoms with Crippen LogP contribution in [0.5, 0.6) is 0 Å². The Morgan fingerprint density at radius 1 is 1.27 bits per heavy atom. The number of anilines is 1. The van der Waals surface area contributed by atoms with E-state index in [0.29, 0.717) is 17.2 Å². The highest BCUT2D eigenvalue weighted by Crippen LogP contribution is 2.27. The van der Waals surface area contributed by atoms with Gasteiger partial charge in [0.2, 0.25) is 11.0 Å². The van der Waals surface area contributed by atoms with E-state index in [-0.39, 0.29) is 11.7 Å². The number of ketones is 1. The van der Waals surface area contributed by atoms with Crippen molar-refractivity contribution in [1.82, 2.24) is 15.5 Å². The molecule has 2 rings (SSSR count). The molecule has 6 nitrogen and oxygen atoms in total. The number of hydrogen-bond donors (Lipinski definition) is 2. The van der Waals surface area contributed by atoms with Crippen molar-refractivity contribution >= 4 is 51.3 Å². The quantitative estimate of drug-likeness (QED) is 0.559. The van der Waals surface area contributed by atoms with E-state index in [9.17, 15) is 9.59 Å². The molecule has 2 aromatic rings. The molecule has 0 unspecified atom stereocenters. The summed E-state index contributed by atoms with van der Waals surface area (Å²) in [6.07, 6.45) is 0. The van der Waals surface area contributed by atoms with Crippen LogP contribution >= 0.6 is 34.4 Å². The van der Waals surface area contributed by atoms with Crippen molar-refractivity contribution in [2.45, 2.75) is 24.7 Å². The second-order valence-electron chi connectivity index (χ2n) is 4.29. The molecule has 118 valence electrons. The lowest BCUT2D eigenvalue weighted by Gasteiger charge is -1.97. The number of carbonyl (C=O) groups is 2. The van der Waals surface area contributed by atoms with Gasteiger partial charge in [-0.25, -0.2) is 0 Å². The van der Waals surface area contributed by atoms with E-state index < -0.39 is 0 Å². The van der Waals surface area contributed by atoms with Crippen LogP contribution < -0.4 is 10.6 Å². The average Bonchev–Trinajstić information content (AvgIpc) is 3.12. The molecule has 0 saturated carbocycles. The maximum absolute atomic E-state index is 12.1. The lowest BCUT2D eigenvalue weighted by atomic mass is 10.3. The maximum atomic E-state index is 12.1. The third-order valence-electron chi connectivity index (χ3n) is 2.51. The van der Waals surface area contributed by atoms with E-state index in [1.54, 1.807) is 6.07 Å². The number of hydrogen-bond acceptors (Lipinski definition) is 8. The summed E-state index contributed by atoms with van der Waals surface area (Å²) in [4.78, 5) is 24.7. The molecule has 2 heterocycles. The van der Waals surface area contributed by atoms with Crippen LogP contribution in [0.1, 0.15) is 28.4 Å². The third-order valence-corrected chi connectivity index (χ3v) is 5.65. The van der Waals surface area contributed by atoms with Crippen LogP contribution in [0, 0.1) is 0 Å². The number of thioether (sulfide) groups is 1. The topological polar surface area (TPSA) is 84.0 Å². The van der Waals surface area contributed by atoms with Gasteiger partial charge in [-0.05, 0) is 19.1 Å². The van der Waals surface area contributed by atoms with E-state index in [4.69, 9.17) is 0 Å². The van der Waals surface area contributed by atoms with Gasteiger partial charge in [0, 0.05) is 18.3 Å². The number of aromatic nitrogens is 2. The number of amides is 1. The van der Waals surface area contributed by atoms with Gasteiger partial charge in [-0.1, -0.05) is 23.1 Å². The summed E-state index contributed by atoms with van der Waals surface area (Å²) >= 11 is 4.24. The molecule has 0 aliphatic carbocycles. The minimum Gasteiger partial charge on any atom is -0.360 e. The van der Waals surface area contributed by atoms with Gasteiger partial charge < -0.3 is 10.6 Å². The first kappa shape index (κ1) is 16.9. The Morgan fingerprint density at radius 3 is 2.82 bits per heavy atom. The highest BCUT2D eigenvalue weighted by molar-refractivity contribution is 8.01. The van der Waals surface area contributed by atoms with E-state index in [1.165, 1.54) is 41.4 Å². The van der Waals surface area contributed by atoms with Gasteiger partial charge in [-0.2, -0.15) is 0 Å². The molecule has 0 aliphatic rings. The molecule has 0 spiro atoms. The minimum atomic E-state index is -0.0791. The van der Waals surface area contributed by atoms with Crippen molar-refractivity contribution in [2.24, 2.45) is 0 Å². The monoisotopic (exact) mass is 356 g/mol. The summed E-state index contributed by atoms with van der Waals surface area (Å²) < 4.78 is 0.777.